The van der Waals surface area contributed by atoms with Gasteiger partial charge in [-0.25, -0.2) is 8.78 Å². The third-order valence-electron chi connectivity index (χ3n) is 1.73. The molecule has 0 aliphatic heterocycles. The molecule has 0 fully saturated rings. The Hall–Kier alpha value is -0.670. The first-order valence-corrected chi connectivity index (χ1v) is 4.84. The Balaban J connectivity index is 3.46. The van der Waals surface area contributed by atoms with Crippen LogP contribution < -0.4 is 0 Å². The van der Waals surface area contributed by atoms with Crippen LogP contribution in [0.5, 0.6) is 0 Å². The smallest absolute Gasteiger partial charge is 0.305 e. The van der Waals surface area contributed by atoms with E-state index in [0.29, 0.717) is 12.3 Å². The van der Waals surface area contributed by atoms with Crippen LogP contribution in [0.2, 0.25) is 0 Å². The molecular weight excluding hydrogens is 190 g/mol. The van der Waals surface area contributed by atoms with E-state index >= 15 is 0 Å². The van der Waals surface area contributed by atoms with Crippen LogP contribution in [0.15, 0.2) is 0 Å². The molecule has 0 spiro atoms. The zero-order valence-electron chi connectivity index (χ0n) is 8.98. The van der Waals surface area contributed by atoms with Gasteiger partial charge in [0.05, 0.1) is 6.61 Å². The van der Waals surface area contributed by atoms with E-state index < -0.39 is 12.3 Å². The van der Waals surface area contributed by atoms with Crippen LogP contribution in [0.4, 0.5) is 8.78 Å². The van der Waals surface area contributed by atoms with E-state index in [-0.39, 0.29) is 12.6 Å². The van der Waals surface area contributed by atoms with Gasteiger partial charge in [-0.2, -0.15) is 0 Å². The number of carbonyl (C=O) groups excluding carboxylic acids is 1. The van der Waals surface area contributed by atoms with Crippen molar-refractivity contribution in [3.05, 3.63) is 0 Å². The zero-order valence-corrected chi connectivity index (χ0v) is 8.98. The fourth-order valence-electron chi connectivity index (χ4n) is 0.823. The molecule has 0 rings (SSSR count). The van der Waals surface area contributed by atoms with E-state index in [2.05, 4.69) is 4.74 Å². The lowest BCUT2D eigenvalue weighted by Gasteiger charge is -2.10. The van der Waals surface area contributed by atoms with Gasteiger partial charge in [0, 0.05) is 12.8 Å². The monoisotopic (exact) mass is 208 g/mol. The van der Waals surface area contributed by atoms with E-state index in [0.717, 1.165) is 13.3 Å². The third-order valence-corrected chi connectivity index (χ3v) is 1.73. The molecule has 4 heteroatoms. The Bertz CT molecular complexity index is 173. The van der Waals surface area contributed by atoms with E-state index in [1.54, 1.807) is 0 Å². The van der Waals surface area contributed by atoms with Crippen LogP contribution in [0, 0.1) is 5.92 Å². The van der Waals surface area contributed by atoms with Crippen molar-refractivity contribution in [3.8, 4) is 0 Å². The fraction of sp³-hybridized carbons (Fsp3) is 0.900. The summed E-state index contributed by atoms with van der Waals surface area (Å²) in [4.78, 5) is 11.0. The molecule has 0 atom stereocenters. The van der Waals surface area contributed by atoms with Crippen molar-refractivity contribution in [2.75, 3.05) is 6.61 Å². The highest BCUT2D eigenvalue weighted by Gasteiger charge is 2.21. The Kier molecular flexibility index (Phi) is 5.65. The maximum atomic E-state index is 12.3. The second-order valence-electron chi connectivity index (χ2n) is 3.97. The van der Waals surface area contributed by atoms with Crippen LogP contribution in [0.1, 0.15) is 40.0 Å². The number of rotatable bonds is 6. The number of hydrogen-bond donors (Lipinski definition) is 0. The highest BCUT2D eigenvalue weighted by atomic mass is 19.3. The summed E-state index contributed by atoms with van der Waals surface area (Å²) in [5, 5.41) is 0. The van der Waals surface area contributed by atoms with Gasteiger partial charge in [0.2, 0.25) is 5.92 Å². The zero-order chi connectivity index (χ0) is 11.2. The summed E-state index contributed by atoms with van der Waals surface area (Å²) in [6, 6.07) is 0. The summed E-state index contributed by atoms with van der Waals surface area (Å²) in [6.45, 7) is 4.61. The first-order chi connectivity index (χ1) is 6.31. The molecule has 0 aliphatic rings. The van der Waals surface area contributed by atoms with E-state index in [9.17, 15) is 13.6 Å². The van der Waals surface area contributed by atoms with Gasteiger partial charge in [-0.3, -0.25) is 4.79 Å². The number of carbonyl (C=O) groups is 1. The Morgan fingerprint density at radius 3 is 2.43 bits per heavy atom. The highest BCUT2D eigenvalue weighted by molar-refractivity contribution is 5.69. The van der Waals surface area contributed by atoms with E-state index in [1.165, 1.54) is 0 Å². The largest absolute Gasteiger partial charge is 0.465 e. The van der Waals surface area contributed by atoms with Crippen molar-refractivity contribution in [1.29, 1.82) is 0 Å². The van der Waals surface area contributed by atoms with E-state index in [1.807, 2.05) is 13.8 Å². The summed E-state index contributed by atoms with van der Waals surface area (Å²) >= 11 is 0. The molecule has 0 heterocycles. The fourth-order valence-corrected chi connectivity index (χ4v) is 0.823. The maximum absolute atomic E-state index is 12.3. The second kappa shape index (κ2) is 5.94. The topological polar surface area (TPSA) is 26.3 Å². The van der Waals surface area contributed by atoms with Crippen molar-refractivity contribution < 1.29 is 18.3 Å². The van der Waals surface area contributed by atoms with Crippen molar-refractivity contribution in [1.82, 2.24) is 0 Å². The molecule has 0 N–H and O–H groups in total. The minimum Gasteiger partial charge on any atom is -0.465 e. The van der Waals surface area contributed by atoms with Gasteiger partial charge in [-0.05, 0) is 19.3 Å². The molecule has 0 unspecified atom stereocenters. The standard InChI is InChI=1S/C10H18F2O2/c1-8(2)4-5-9(13)14-7-6-10(3,11)12/h8H,4-7H2,1-3H3. The normalized spacial score (nSPS) is 11.9. The molecule has 0 bridgehead atoms. The molecule has 0 aromatic carbocycles. The molecule has 0 saturated carbocycles. The molecular formula is C10H18F2O2. The number of hydrogen-bond acceptors (Lipinski definition) is 2. The molecule has 0 aromatic rings. The molecule has 0 amide bonds. The molecule has 0 aromatic heterocycles. The van der Waals surface area contributed by atoms with Crippen LogP contribution >= 0.6 is 0 Å². The maximum Gasteiger partial charge on any atom is 0.305 e. The van der Waals surface area contributed by atoms with Crippen molar-refractivity contribution in [2.24, 2.45) is 5.92 Å². The predicted molar refractivity (Wildman–Crippen MR) is 50.3 cm³/mol. The quantitative estimate of drug-likeness (QED) is 0.627. The van der Waals surface area contributed by atoms with E-state index in [4.69, 9.17) is 0 Å². The first-order valence-electron chi connectivity index (χ1n) is 4.84. The summed E-state index contributed by atoms with van der Waals surface area (Å²) in [5.41, 5.74) is 0. The molecule has 0 radical (unpaired) electrons. The van der Waals surface area contributed by atoms with Gasteiger partial charge in [0.15, 0.2) is 0 Å². The Labute approximate surface area is 83.6 Å². The molecule has 14 heavy (non-hydrogen) atoms. The second-order valence-corrected chi connectivity index (χ2v) is 3.97. The lowest BCUT2D eigenvalue weighted by atomic mass is 10.1. The van der Waals surface area contributed by atoms with Crippen molar-refractivity contribution in [3.63, 3.8) is 0 Å². The van der Waals surface area contributed by atoms with Gasteiger partial charge < -0.3 is 4.74 Å². The van der Waals surface area contributed by atoms with Crippen LogP contribution in [0.3, 0.4) is 0 Å². The predicted octanol–water partition coefficient (Wildman–Crippen LogP) is 3.01. The van der Waals surface area contributed by atoms with Gasteiger partial charge in [0.1, 0.15) is 0 Å². The van der Waals surface area contributed by atoms with Gasteiger partial charge in [-0.15, -0.1) is 0 Å². The lowest BCUT2D eigenvalue weighted by molar-refractivity contribution is -0.145. The average molecular weight is 208 g/mol. The van der Waals surface area contributed by atoms with Gasteiger partial charge >= 0.3 is 5.97 Å². The van der Waals surface area contributed by atoms with Crippen molar-refractivity contribution in [2.45, 2.75) is 46.0 Å². The highest BCUT2D eigenvalue weighted by Crippen LogP contribution is 2.16. The summed E-state index contributed by atoms with van der Waals surface area (Å²) in [7, 11) is 0. The average Bonchev–Trinajstić information content (AvgIpc) is 1.98. The first kappa shape index (κ1) is 13.3. The molecule has 84 valence electrons. The third kappa shape index (κ3) is 9.42. The van der Waals surface area contributed by atoms with Crippen molar-refractivity contribution >= 4 is 5.97 Å². The lowest BCUT2D eigenvalue weighted by Crippen LogP contribution is -2.16. The molecule has 0 aliphatic carbocycles. The molecule has 2 nitrogen and oxygen atoms in total. The number of halogens is 2. The number of ether oxygens (including phenoxy) is 1. The summed E-state index contributed by atoms with van der Waals surface area (Å²) in [6.07, 6.45) is 0.648. The number of alkyl halides is 2. The SMILES string of the molecule is CC(C)CCC(=O)OCCC(C)(F)F. The van der Waals surface area contributed by atoms with Gasteiger partial charge in [0.25, 0.3) is 0 Å². The molecule has 0 saturated heterocycles. The Morgan fingerprint density at radius 1 is 1.43 bits per heavy atom. The van der Waals surface area contributed by atoms with Crippen LogP contribution in [-0.4, -0.2) is 18.5 Å². The minimum absolute atomic E-state index is 0.194. The minimum atomic E-state index is -2.75. The summed E-state index contributed by atoms with van der Waals surface area (Å²) < 4.78 is 29.2. The van der Waals surface area contributed by atoms with Gasteiger partial charge in [-0.1, -0.05) is 13.8 Å². The van der Waals surface area contributed by atoms with Crippen LogP contribution in [0.25, 0.3) is 0 Å². The summed E-state index contributed by atoms with van der Waals surface area (Å²) in [5.74, 6) is -2.71. The van der Waals surface area contributed by atoms with Crippen LogP contribution in [-0.2, 0) is 9.53 Å². The Morgan fingerprint density at radius 2 is 2.00 bits per heavy atom. The number of esters is 1.